The van der Waals surface area contributed by atoms with Crippen LogP contribution in [0.1, 0.15) is 23.6 Å². The van der Waals surface area contributed by atoms with E-state index in [1.807, 2.05) is 73.7 Å². The van der Waals surface area contributed by atoms with Gasteiger partial charge in [0.1, 0.15) is 12.4 Å². The molecule has 0 heterocycles. The fourth-order valence-corrected chi connectivity index (χ4v) is 2.97. The highest BCUT2D eigenvalue weighted by atomic mass is 35.5. The van der Waals surface area contributed by atoms with Gasteiger partial charge in [0, 0.05) is 35.4 Å². The molecule has 0 bridgehead atoms. The van der Waals surface area contributed by atoms with Crippen molar-refractivity contribution in [3.63, 3.8) is 0 Å². The van der Waals surface area contributed by atoms with Crippen molar-refractivity contribution in [2.45, 2.75) is 27.0 Å². The van der Waals surface area contributed by atoms with E-state index in [1.54, 1.807) is 0 Å². The SMILES string of the molecule is CC(=O)Nc1cc(NCc2cccc(OCc3ccccc3Cl)c2)ccc1C. The third kappa shape index (κ3) is 5.51. The topological polar surface area (TPSA) is 50.4 Å². The number of hydrogen-bond donors (Lipinski definition) is 2. The molecule has 0 saturated carbocycles. The molecule has 2 N–H and O–H groups in total. The van der Waals surface area contributed by atoms with E-state index in [1.165, 1.54) is 6.92 Å². The maximum Gasteiger partial charge on any atom is 0.221 e. The number of amides is 1. The van der Waals surface area contributed by atoms with Crippen molar-refractivity contribution in [2.24, 2.45) is 0 Å². The number of rotatable bonds is 7. The average molecular weight is 395 g/mol. The van der Waals surface area contributed by atoms with Crippen LogP contribution in [0, 0.1) is 6.92 Å². The van der Waals surface area contributed by atoms with Crippen LogP contribution in [-0.4, -0.2) is 5.91 Å². The Morgan fingerprint density at radius 2 is 1.86 bits per heavy atom. The number of anilines is 2. The van der Waals surface area contributed by atoms with E-state index in [0.717, 1.165) is 33.8 Å². The van der Waals surface area contributed by atoms with E-state index >= 15 is 0 Å². The molecule has 0 atom stereocenters. The molecule has 3 aromatic rings. The molecule has 0 fully saturated rings. The van der Waals surface area contributed by atoms with Crippen molar-refractivity contribution in [3.8, 4) is 5.75 Å². The van der Waals surface area contributed by atoms with Crippen molar-refractivity contribution in [1.29, 1.82) is 0 Å². The van der Waals surface area contributed by atoms with E-state index in [9.17, 15) is 4.79 Å². The Bertz CT molecular complexity index is 972. The summed E-state index contributed by atoms with van der Waals surface area (Å²) in [5, 5.41) is 6.94. The Morgan fingerprint density at radius 3 is 2.64 bits per heavy atom. The lowest BCUT2D eigenvalue weighted by molar-refractivity contribution is -0.114. The molecule has 3 aromatic carbocycles. The number of carbonyl (C=O) groups is 1. The first-order valence-electron chi connectivity index (χ1n) is 9.08. The molecule has 0 aliphatic carbocycles. The number of halogens is 1. The Hall–Kier alpha value is -2.98. The van der Waals surface area contributed by atoms with Crippen LogP contribution in [0.15, 0.2) is 66.7 Å². The van der Waals surface area contributed by atoms with Crippen molar-refractivity contribution in [2.75, 3.05) is 10.6 Å². The molecule has 0 radical (unpaired) electrons. The third-order valence-corrected chi connectivity index (χ3v) is 4.66. The molecule has 0 aliphatic rings. The predicted molar refractivity (Wildman–Crippen MR) is 115 cm³/mol. The summed E-state index contributed by atoms with van der Waals surface area (Å²) in [5.41, 5.74) is 4.83. The fourth-order valence-electron chi connectivity index (χ4n) is 2.78. The van der Waals surface area contributed by atoms with Crippen molar-refractivity contribution < 1.29 is 9.53 Å². The first kappa shape index (κ1) is 19.8. The molecule has 4 nitrogen and oxygen atoms in total. The first-order chi connectivity index (χ1) is 13.5. The lowest BCUT2D eigenvalue weighted by Gasteiger charge is -2.12. The summed E-state index contributed by atoms with van der Waals surface area (Å²) in [6.07, 6.45) is 0. The zero-order chi connectivity index (χ0) is 19.9. The highest BCUT2D eigenvalue weighted by Crippen LogP contribution is 2.22. The summed E-state index contributed by atoms with van der Waals surface area (Å²) in [6, 6.07) is 21.5. The maximum absolute atomic E-state index is 11.3. The lowest BCUT2D eigenvalue weighted by Crippen LogP contribution is -2.08. The smallest absolute Gasteiger partial charge is 0.221 e. The van der Waals surface area contributed by atoms with Gasteiger partial charge in [-0.3, -0.25) is 4.79 Å². The Labute approximate surface area is 170 Å². The number of benzene rings is 3. The minimum atomic E-state index is -0.0800. The first-order valence-corrected chi connectivity index (χ1v) is 9.46. The Kier molecular flexibility index (Phi) is 6.56. The van der Waals surface area contributed by atoms with E-state index in [0.29, 0.717) is 18.2 Å². The minimum absolute atomic E-state index is 0.0800. The molecule has 1 amide bonds. The van der Waals surface area contributed by atoms with Crippen LogP contribution in [0.4, 0.5) is 11.4 Å². The van der Waals surface area contributed by atoms with Crippen LogP contribution in [0.2, 0.25) is 5.02 Å². The Morgan fingerprint density at radius 1 is 1.04 bits per heavy atom. The molecule has 28 heavy (non-hydrogen) atoms. The highest BCUT2D eigenvalue weighted by molar-refractivity contribution is 6.31. The molecular formula is C23H23ClN2O2. The molecule has 0 aliphatic heterocycles. The molecule has 3 rings (SSSR count). The Balaban J connectivity index is 1.62. The standard InChI is InChI=1S/C23H23ClN2O2/c1-16-10-11-20(13-23(16)26-17(2)27)25-14-18-6-5-8-21(12-18)28-15-19-7-3-4-9-22(19)24/h3-13,25H,14-15H2,1-2H3,(H,26,27). The van der Waals surface area contributed by atoms with Gasteiger partial charge in [0.2, 0.25) is 5.91 Å². The van der Waals surface area contributed by atoms with Crippen LogP contribution in [-0.2, 0) is 17.9 Å². The van der Waals surface area contributed by atoms with Crippen LogP contribution in [0.5, 0.6) is 5.75 Å². The summed E-state index contributed by atoms with van der Waals surface area (Å²) >= 11 is 6.18. The van der Waals surface area contributed by atoms with Gasteiger partial charge in [-0.1, -0.05) is 48.0 Å². The quantitative estimate of drug-likeness (QED) is 0.532. The second-order valence-corrected chi connectivity index (χ2v) is 7.00. The van der Waals surface area contributed by atoms with Gasteiger partial charge in [0.05, 0.1) is 0 Å². The molecule has 0 saturated heterocycles. The number of hydrogen-bond acceptors (Lipinski definition) is 3. The highest BCUT2D eigenvalue weighted by Gasteiger charge is 2.04. The van der Waals surface area contributed by atoms with Gasteiger partial charge in [0.25, 0.3) is 0 Å². The van der Waals surface area contributed by atoms with Gasteiger partial charge in [-0.25, -0.2) is 0 Å². The van der Waals surface area contributed by atoms with E-state index in [2.05, 4.69) is 10.6 Å². The van der Waals surface area contributed by atoms with Crippen LogP contribution < -0.4 is 15.4 Å². The largest absolute Gasteiger partial charge is 0.489 e. The molecule has 5 heteroatoms. The zero-order valence-electron chi connectivity index (χ0n) is 16.0. The second-order valence-electron chi connectivity index (χ2n) is 6.59. The third-order valence-electron chi connectivity index (χ3n) is 4.30. The maximum atomic E-state index is 11.3. The monoisotopic (exact) mass is 394 g/mol. The fraction of sp³-hybridized carbons (Fsp3) is 0.174. The van der Waals surface area contributed by atoms with Gasteiger partial charge >= 0.3 is 0 Å². The second kappa shape index (κ2) is 9.29. The number of aryl methyl sites for hydroxylation is 1. The van der Waals surface area contributed by atoms with Crippen LogP contribution in [0.3, 0.4) is 0 Å². The lowest BCUT2D eigenvalue weighted by atomic mass is 10.1. The molecular weight excluding hydrogens is 372 g/mol. The van der Waals surface area contributed by atoms with Crippen LogP contribution >= 0.6 is 11.6 Å². The van der Waals surface area contributed by atoms with E-state index in [-0.39, 0.29) is 5.91 Å². The number of nitrogens with one attached hydrogen (secondary N) is 2. The van der Waals surface area contributed by atoms with Gasteiger partial charge in [0.15, 0.2) is 0 Å². The summed E-state index contributed by atoms with van der Waals surface area (Å²) in [7, 11) is 0. The average Bonchev–Trinajstić information content (AvgIpc) is 2.68. The number of ether oxygens (including phenoxy) is 1. The molecule has 144 valence electrons. The number of carbonyl (C=O) groups excluding carboxylic acids is 1. The van der Waals surface area contributed by atoms with E-state index in [4.69, 9.17) is 16.3 Å². The summed E-state index contributed by atoms with van der Waals surface area (Å²) < 4.78 is 5.88. The van der Waals surface area contributed by atoms with Crippen molar-refractivity contribution in [1.82, 2.24) is 0 Å². The molecule has 0 spiro atoms. The van der Waals surface area contributed by atoms with Crippen molar-refractivity contribution in [3.05, 3.63) is 88.4 Å². The van der Waals surface area contributed by atoms with Crippen molar-refractivity contribution >= 4 is 28.9 Å². The minimum Gasteiger partial charge on any atom is -0.489 e. The van der Waals surface area contributed by atoms with Gasteiger partial charge < -0.3 is 15.4 Å². The molecule has 0 aromatic heterocycles. The van der Waals surface area contributed by atoms with Gasteiger partial charge in [-0.15, -0.1) is 0 Å². The van der Waals surface area contributed by atoms with Crippen LogP contribution in [0.25, 0.3) is 0 Å². The summed E-state index contributed by atoms with van der Waals surface area (Å²) in [4.78, 5) is 11.3. The summed E-state index contributed by atoms with van der Waals surface area (Å²) in [6.45, 7) is 4.54. The van der Waals surface area contributed by atoms with Gasteiger partial charge in [-0.05, 0) is 48.4 Å². The van der Waals surface area contributed by atoms with E-state index < -0.39 is 0 Å². The normalized spacial score (nSPS) is 10.4. The predicted octanol–water partition coefficient (Wildman–Crippen LogP) is 5.80. The molecule has 0 unspecified atom stereocenters. The zero-order valence-corrected chi connectivity index (χ0v) is 16.7. The van der Waals surface area contributed by atoms with Gasteiger partial charge in [-0.2, -0.15) is 0 Å². The summed E-state index contributed by atoms with van der Waals surface area (Å²) in [5.74, 6) is 0.714.